The molecule has 8 nitrogen and oxygen atoms in total. The minimum atomic E-state index is -0.498. The summed E-state index contributed by atoms with van der Waals surface area (Å²) in [5.74, 6) is 6.52. The van der Waals surface area contributed by atoms with Crippen LogP contribution < -0.4 is 20.9 Å². The van der Waals surface area contributed by atoms with Crippen molar-refractivity contribution in [3.05, 3.63) is 46.5 Å². The van der Waals surface area contributed by atoms with Gasteiger partial charge in [0.25, 0.3) is 5.69 Å². The summed E-state index contributed by atoms with van der Waals surface area (Å²) in [5.41, 5.74) is 2.95. The molecule has 8 heteroatoms. The van der Waals surface area contributed by atoms with E-state index < -0.39 is 4.92 Å². The molecule has 3 N–H and O–H groups in total. The molecular weight excluding hydrogens is 274 g/mol. The van der Waals surface area contributed by atoms with E-state index in [2.05, 4.69) is 10.4 Å². The second-order valence-corrected chi connectivity index (χ2v) is 4.20. The molecule has 21 heavy (non-hydrogen) atoms. The SMILES string of the molecule is COc1ccccc1N(C)c1cc([N+](=O)[O-])cc(NN)n1. The first-order chi connectivity index (χ1) is 10.1. The normalized spacial score (nSPS) is 10.0. The van der Waals surface area contributed by atoms with Crippen molar-refractivity contribution in [3.8, 4) is 5.75 Å². The van der Waals surface area contributed by atoms with Gasteiger partial charge < -0.3 is 15.1 Å². The smallest absolute Gasteiger partial charge is 0.276 e. The molecule has 0 atom stereocenters. The fraction of sp³-hybridized carbons (Fsp3) is 0.154. The lowest BCUT2D eigenvalue weighted by molar-refractivity contribution is -0.384. The van der Waals surface area contributed by atoms with Crippen LogP contribution in [0.2, 0.25) is 0 Å². The van der Waals surface area contributed by atoms with Gasteiger partial charge in [-0.3, -0.25) is 10.1 Å². The molecule has 2 aromatic rings. The van der Waals surface area contributed by atoms with E-state index in [4.69, 9.17) is 10.6 Å². The zero-order valence-electron chi connectivity index (χ0n) is 11.6. The predicted octanol–water partition coefficient (Wildman–Crippen LogP) is 2.05. The summed E-state index contributed by atoms with van der Waals surface area (Å²) in [7, 11) is 3.30. The minimum Gasteiger partial charge on any atom is -0.495 e. The highest BCUT2D eigenvalue weighted by molar-refractivity contribution is 5.69. The lowest BCUT2D eigenvalue weighted by Gasteiger charge is -2.21. The minimum absolute atomic E-state index is 0.102. The van der Waals surface area contributed by atoms with Gasteiger partial charge >= 0.3 is 0 Å². The number of nitrogens with two attached hydrogens (primary N) is 1. The Morgan fingerprint density at radius 1 is 1.38 bits per heavy atom. The first kappa shape index (κ1) is 14.5. The van der Waals surface area contributed by atoms with Crippen LogP contribution in [0, 0.1) is 10.1 Å². The Balaban J connectivity index is 2.49. The van der Waals surface area contributed by atoms with Gasteiger partial charge in [0, 0.05) is 7.05 Å². The molecule has 0 spiro atoms. The molecule has 0 saturated heterocycles. The van der Waals surface area contributed by atoms with E-state index in [0.717, 1.165) is 5.69 Å². The van der Waals surface area contributed by atoms with Crippen LogP contribution >= 0.6 is 0 Å². The maximum Gasteiger partial charge on any atom is 0.276 e. The first-order valence-electron chi connectivity index (χ1n) is 6.06. The number of aromatic nitrogens is 1. The van der Waals surface area contributed by atoms with Gasteiger partial charge in [-0.15, -0.1) is 0 Å². The highest BCUT2D eigenvalue weighted by Gasteiger charge is 2.16. The van der Waals surface area contributed by atoms with E-state index in [-0.39, 0.29) is 11.5 Å². The van der Waals surface area contributed by atoms with E-state index in [1.54, 1.807) is 25.1 Å². The average molecular weight is 289 g/mol. The lowest BCUT2D eigenvalue weighted by atomic mass is 10.2. The van der Waals surface area contributed by atoms with Crippen LogP contribution in [-0.4, -0.2) is 24.1 Å². The van der Waals surface area contributed by atoms with Crippen molar-refractivity contribution in [3.63, 3.8) is 0 Å². The van der Waals surface area contributed by atoms with Gasteiger partial charge in [0.05, 0.1) is 29.9 Å². The Bertz CT molecular complexity index is 662. The number of pyridine rings is 1. The van der Waals surface area contributed by atoms with E-state index in [1.807, 2.05) is 18.2 Å². The van der Waals surface area contributed by atoms with Crippen molar-refractivity contribution in [2.75, 3.05) is 24.5 Å². The number of nitrogen functional groups attached to an aromatic ring is 1. The van der Waals surface area contributed by atoms with Crippen molar-refractivity contribution >= 4 is 23.0 Å². The number of nitrogens with zero attached hydrogens (tertiary/aromatic N) is 3. The summed E-state index contributed by atoms with van der Waals surface area (Å²) in [6, 6.07) is 9.94. The molecule has 0 radical (unpaired) electrons. The van der Waals surface area contributed by atoms with Crippen LogP contribution in [0.15, 0.2) is 36.4 Å². The van der Waals surface area contributed by atoms with Crippen LogP contribution in [0.1, 0.15) is 0 Å². The van der Waals surface area contributed by atoms with E-state index in [9.17, 15) is 10.1 Å². The third kappa shape index (κ3) is 3.00. The molecular formula is C13H15N5O3. The van der Waals surface area contributed by atoms with Crippen LogP contribution in [0.4, 0.5) is 23.0 Å². The second kappa shape index (κ2) is 6.06. The quantitative estimate of drug-likeness (QED) is 0.493. The Labute approximate surface area is 121 Å². The number of rotatable bonds is 5. The number of para-hydroxylation sites is 2. The first-order valence-corrected chi connectivity index (χ1v) is 6.06. The van der Waals surface area contributed by atoms with Gasteiger partial charge in [-0.25, -0.2) is 10.8 Å². The third-order valence-corrected chi connectivity index (χ3v) is 2.95. The highest BCUT2D eigenvalue weighted by atomic mass is 16.6. The number of methoxy groups -OCH3 is 1. The van der Waals surface area contributed by atoms with Crippen LogP contribution in [0.5, 0.6) is 5.75 Å². The number of anilines is 3. The van der Waals surface area contributed by atoms with Gasteiger partial charge in [0.15, 0.2) is 0 Å². The number of nitrogens with one attached hydrogen (secondary N) is 1. The average Bonchev–Trinajstić information content (AvgIpc) is 2.53. The molecule has 0 aliphatic heterocycles. The van der Waals surface area contributed by atoms with Crippen LogP contribution in [0.3, 0.4) is 0 Å². The fourth-order valence-corrected chi connectivity index (χ4v) is 1.88. The third-order valence-electron chi connectivity index (χ3n) is 2.95. The summed E-state index contributed by atoms with van der Waals surface area (Å²) < 4.78 is 5.28. The molecule has 0 unspecified atom stereocenters. The lowest BCUT2D eigenvalue weighted by Crippen LogP contribution is -2.15. The van der Waals surface area contributed by atoms with E-state index in [1.165, 1.54) is 12.1 Å². The van der Waals surface area contributed by atoms with Crippen molar-refractivity contribution in [2.24, 2.45) is 5.84 Å². The molecule has 0 amide bonds. The van der Waals surface area contributed by atoms with Crippen molar-refractivity contribution in [1.29, 1.82) is 0 Å². The molecule has 1 aromatic heterocycles. The molecule has 0 saturated carbocycles. The second-order valence-electron chi connectivity index (χ2n) is 4.20. The number of hydrazine groups is 1. The van der Waals surface area contributed by atoms with Crippen LogP contribution in [0.25, 0.3) is 0 Å². The number of hydrogen-bond acceptors (Lipinski definition) is 7. The van der Waals surface area contributed by atoms with Crippen molar-refractivity contribution in [1.82, 2.24) is 4.98 Å². The topological polar surface area (TPSA) is 107 Å². The molecule has 1 heterocycles. The molecule has 110 valence electrons. The van der Waals surface area contributed by atoms with Gasteiger partial charge in [-0.05, 0) is 12.1 Å². The standard InChI is InChI=1S/C13H15N5O3/c1-17(10-5-3-4-6-11(10)21-2)13-8-9(18(19)20)7-12(15-13)16-14/h3-8H,14H2,1-2H3,(H,15,16). The summed E-state index contributed by atoms with van der Waals surface area (Å²) in [6.45, 7) is 0. The molecule has 2 rings (SSSR count). The Morgan fingerprint density at radius 3 is 2.71 bits per heavy atom. The van der Waals surface area contributed by atoms with Gasteiger partial charge in [0.2, 0.25) is 0 Å². The highest BCUT2D eigenvalue weighted by Crippen LogP contribution is 2.33. The number of ether oxygens (including phenoxy) is 1. The maximum atomic E-state index is 11.0. The summed E-state index contributed by atoms with van der Waals surface area (Å²) in [5, 5.41) is 11.0. The molecule has 0 aliphatic carbocycles. The molecule has 0 aliphatic rings. The van der Waals surface area contributed by atoms with Gasteiger partial charge in [-0.1, -0.05) is 12.1 Å². The number of benzene rings is 1. The Kier molecular flexibility index (Phi) is 4.19. The summed E-state index contributed by atoms with van der Waals surface area (Å²) in [6.07, 6.45) is 0. The number of nitro groups is 1. The predicted molar refractivity (Wildman–Crippen MR) is 79.8 cm³/mol. The van der Waals surface area contributed by atoms with Gasteiger partial charge in [-0.2, -0.15) is 0 Å². The Morgan fingerprint density at radius 2 is 2.10 bits per heavy atom. The van der Waals surface area contributed by atoms with Crippen molar-refractivity contribution in [2.45, 2.75) is 0 Å². The summed E-state index contributed by atoms with van der Waals surface area (Å²) in [4.78, 5) is 16.4. The monoisotopic (exact) mass is 289 g/mol. The molecule has 0 fully saturated rings. The molecule has 0 bridgehead atoms. The van der Waals surface area contributed by atoms with E-state index >= 15 is 0 Å². The summed E-state index contributed by atoms with van der Waals surface area (Å²) >= 11 is 0. The van der Waals surface area contributed by atoms with Crippen LogP contribution in [-0.2, 0) is 0 Å². The van der Waals surface area contributed by atoms with Crippen molar-refractivity contribution < 1.29 is 9.66 Å². The largest absolute Gasteiger partial charge is 0.495 e. The Hall–Kier alpha value is -2.87. The number of hydrogen-bond donors (Lipinski definition) is 2. The van der Waals surface area contributed by atoms with E-state index in [0.29, 0.717) is 11.6 Å². The fourth-order valence-electron chi connectivity index (χ4n) is 1.88. The van der Waals surface area contributed by atoms with Gasteiger partial charge in [0.1, 0.15) is 17.4 Å². The maximum absolute atomic E-state index is 11.0. The zero-order valence-corrected chi connectivity index (χ0v) is 11.6. The molecule has 1 aromatic carbocycles. The zero-order chi connectivity index (χ0) is 15.4.